The first-order chi connectivity index (χ1) is 15.0. The van der Waals surface area contributed by atoms with Crippen molar-refractivity contribution in [3.63, 3.8) is 0 Å². The molecule has 0 spiro atoms. The fourth-order valence-electron chi connectivity index (χ4n) is 3.77. The quantitative estimate of drug-likeness (QED) is 0.442. The highest BCUT2D eigenvalue weighted by Gasteiger charge is 2.20. The first kappa shape index (κ1) is 19.2. The molecule has 9 heteroatoms. The molecule has 5 aromatic rings. The van der Waals surface area contributed by atoms with Crippen LogP contribution >= 0.6 is 11.6 Å². The Morgan fingerprint density at radius 3 is 2.84 bits per heavy atom. The van der Waals surface area contributed by atoms with Crippen LogP contribution in [-0.4, -0.2) is 29.5 Å². The van der Waals surface area contributed by atoms with Gasteiger partial charge in [0.2, 0.25) is 0 Å². The minimum atomic E-state index is -0.280. The summed E-state index contributed by atoms with van der Waals surface area (Å²) in [5.41, 5.74) is 3.26. The lowest BCUT2D eigenvalue weighted by atomic mass is 10.1. The van der Waals surface area contributed by atoms with Crippen molar-refractivity contribution in [3.8, 4) is 5.69 Å². The third-order valence-electron chi connectivity index (χ3n) is 5.26. The molecule has 0 aliphatic carbocycles. The summed E-state index contributed by atoms with van der Waals surface area (Å²) >= 11 is 6.40. The second-order valence-corrected chi connectivity index (χ2v) is 7.62. The number of nitrogens with zero attached hydrogens (tertiary/aromatic N) is 5. The van der Waals surface area contributed by atoms with E-state index in [1.807, 2.05) is 44.2 Å². The number of imidazole rings is 1. The summed E-state index contributed by atoms with van der Waals surface area (Å²) in [4.78, 5) is 33.7. The fraction of sp³-hybridized carbons (Fsp3) is 0.136. The Morgan fingerprint density at radius 1 is 1.13 bits per heavy atom. The Morgan fingerprint density at radius 2 is 2.00 bits per heavy atom. The van der Waals surface area contributed by atoms with E-state index >= 15 is 0 Å². The number of aromatic nitrogens is 6. The van der Waals surface area contributed by atoms with Crippen LogP contribution < -0.4 is 10.9 Å². The molecule has 4 heterocycles. The molecule has 0 aliphatic rings. The number of nitrogens with one attached hydrogen (secondary N) is 2. The summed E-state index contributed by atoms with van der Waals surface area (Å²) < 4.78 is 1.67. The van der Waals surface area contributed by atoms with E-state index in [1.165, 1.54) is 6.33 Å². The van der Waals surface area contributed by atoms with Gasteiger partial charge in [0.05, 0.1) is 34.2 Å². The van der Waals surface area contributed by atoms with Crippen LogP contribution in [0.2, 0.25) is 5.02 Å². The Hall–Kier alpha value is -3.78. The van der Waals surface area contributed by atoms with E-state index in [4.69, 9.17) is 11.6 Å². The normalized spacial score (nSPS) is 12.4. The lowest BCUT2D eigenvalue weighted by Gasteiger charge is -2.22. The third kappa shape index (κ3) is 3.21. The van der Waals surface area contributed by atoms with Crippen LogP contribution in [0.5, 0.6) is 0 Å². The Balaban J connectivity index is 1.74. The number of anilines is 1. The summed E-state index contributed by atoms with van der Waals surface area (Å²) in [6.07, 6.45) is 4.73. The lowest BCUT2D eigenvalue weighted by Crippen LogP contribution is -2.26. The molecule has 2 N–H and O–H groups in total. The summed E-state index contributed by atoms with van der Waals surface area (Å²) in [6.45, 7) is 3.84. The summed E-state index contributed by atoms with van der Waals surface area (Å²) in [5, 5.41) is 5.05. The average molecular weight is 432 g/mol. The van der Waals surface area contributed by atoms with Crippen molar-refractivity contribution in [1.82, 2.24) is 29.5 Å². The van der Waals surface area contributed by atoms with Gasteiger partial charge in [-0.3, -0.25) is 14.3 Å². The molecule has 0 amide bonds. The molecule has 0 bridgehead atoms. The van der Waals surface area contributed by atoms with Crippen molar-refractivity contribution >= 4 is 39.4 Å². The zero-order valence-corrected chi connectivity index (χ0v) is 17.6. The van der Waals surface area contributed by atoms with E-state index in [-0.39, 0.29) is 11.6 Å². The maximum atomic E-state index is 13.6. The monoisotopic (exact) mass is 431 g/mol. The first-order valence-electron chi connectivity index (χ1n) is 9.71. The van der Waals surface area contributed by atoms with Crippen molar-refractivity contribution in [1.29, 1.82) is 0 Å². The SMILES string of the molecule is Cc1ncccc1-n1c(C(C)Nc2ncnc3nc[nH]c23)cc2cccc(Cl)c2c1=O. The summed E-state index contributed by atoms with van der Waals surface area (Å²) in [6, 6.07) is 10.8. The average Bonchev–Trinajstić information content (AvgIpc) is 3.24. The number of aryl methyl sites for hydroxylation is 1. The van der Waals surface area contributed by atoms with Crippen molar-refractivity contribution in [2.24, 2.45) is 0 Å². The Labute approximate surface area is 182 Å². The number of hydrogen-bond donors (Lipinski definition) is 2. The van der Waals surface area contributed by atoms with Crippen LogP contribution in [0.25, 0.3) is 27.6 Å². The Bertz CT molecular complexity index is 1490. The number of aromatic amines is 1. The van der Waals surface area contributed by atoms with Crippen molar-refractivity contribution < 1.29 is 0 Å². The van der Waals surface area contributed by atoms with Gasteiger partial charge in [-0.25, -0.2) is 15.0 Å². The standard InChI is InChI=1S/C22H18ClN7O/c1-12-16(7-4-8-24-12)30-17(9-14-5-3-6-15(23)18(14)22(30)31)13(2)29-21-19-20(26-10-25-19)27-11-28-21/h3-11,13H,1-2H3,(H2,25,26,27,28,29). The Kier molecular flexibility index (Phi) is 4.63. The molecule has 0 saturated heterocycles. The number of benzene rings is 1. The highest BCUT2D eigenvalue weighted by atomic mass is 35.5. The molecular formula is C22H18ClN7O. The van der Waals surface area contributed by atoms with Gasteiger partial charge in [0.1, 0.15) is 11.8 Å². The van der Waals surface area contributed by atoms with E-state index in [2.05, 4.69) is 30.2 Å². The maximum Gasteiger partial charge on any atom is 0.264 e. The van der Waals surface area contributed by atoms with Crippen LogP contribution in [0, 0.1) is 6.92 Å². The molecule has 1 unspecified atom stereocenters. The minimum absolute atomic E-state index is 0.197. The van der Waals surface area contributed by atoms with Gasteiger partial charge in [-0.1, -0.05) is 23.7 Å². The van der Waals surface area contributed by atoms with Crippen LogP contribution in [0.15, 0.2) is 60.0 Å². The lowest BCUT2D eigenvalue weighted by molar-refractivity contribution is 0.769. The zero-order valence-electron chi connectivity index (χ0n) is 16.8. The van der Waals surface area contributed by atoms with E-state index in [0.717, 1.165) is 16.8 Å². The predicted molar refractivity (Wildman–Crippen MR) is 121 cm³/mol. The number of halogens is 1. The molecule has 31 heavy (non-hydrogen) atoms. The van der Waals surface area contributed by atoms with Gasteiger partial charge in [0, 0.05) is 11.9 Å². The van der Waals surface area contributed by atoms with Crippen molar-refractivity contribution in [2.75, 3.05) is 5.32 Å². The zero-order chi connectivity index (χ0) is 21.5. The second-order valence-electron chi connectivity index (χ2n) is 7.21. The number of pyridine rings is 2. The van der Waals surface area contributed by atoms with Crippen LogP contribution in [0.1, 0.15) is 24.4 Å². The van der Waals surface area contributed by atoms with E-state index in [9.17, 15) is 4.79 Å². The minimum Gasteiger partial charge on any atom is -0.360 e. The molecule has 5 rings (SSSR count). The number of H-pyrrole nitrogens is 1. The topological polar surface area (TPSA) is 101 Å². The molecule has 8 nitrogen and oxygen atoms in total. The molecule has 0 fully saturated rings. The summed E-state index contributed by atoms with van der Waals surface area (Å²) in [5.74, 6) is 0.600. The fourth-order valence-corrected chi connectivity index (χ4v) is 4.04. The van der Waals surface area contributed by atoms with Gasteiger partial charge < -0.3 is 10.3 Å². The van der Waals surface area contributed by atoms with Gasteiger partial charge in [0.25, 0.3) is 5.56 Å². The van der Waals surface area contributed by atoms with Crippen LogP contribution in [0.3, 0.4) is 0 Å². The van der Waals surface area contributed by atoms with E-state index in [0.29, 0.717) is 33.1 Å². The molecule has 154 valence electrons. The number of rotatable bonds is 4. The molecule has 1 aromatic carbocycles. The molecular weight excluding hydrogens is 414 g/mol. The predicted octanol–water partition coefficient (Wildman–Crippen LogP) is 4.19. The second kappa shape index (κ2) is 7.48. The van der Waals surface area contributed by atoms with Gasteiger partial charge in [-0.15, -0.1) is 0 Å². The highest BCUT2D eigenvalue weighted by Crippen LogP contribution is 2.28. The number of fused-ring (bicyclic) bond motifs is 2. The molecule has 4 aromatic heterocycles. The van der Waals surface area contributed by atoms with Crippen molar-refractivity contribution in [3.05, 3.63) is 82.0 Å². The van der Waals surface area contributed by atoms with Crippen molar-refractivity contribution in [2.45, 2.75) is 19.9 Å². The van der Waals surface area contributed by atoms with Crippen LogP contribution in [0.4, 0.5) is 5.82 Å². The molecule has 1 atom stereocenters. The molecule has 0 aliphatic heterocycles. The third-order valence-corrected chi connectivity index (χ3v) is 5.58. The van der Waals surface area contributed by atoms with Gasteiger partial charge >= 0.3 is 0 Å². The van der Waals surface area contributed by atoms with E-state index in [1.54, 1.807) is 23.2 Å². The largest absolute Gasteiger partial charge is 0.360 e. The number of hydrogen-bond acceptors (Lipinski definition) is 6. The molecule has 0 saturated carbocycles. The van der Waals surface area contributed by atoms with Gasteiger partial charge in [-0.2, -0.15) is 0 Å². The molecule has 0 radical (unpaired) electrons. The highest BCUT2D eigenvalue weighted by molar-refractivity contribution is 6.35. The summed E-state index contributed by atoms with van der Waals surface area (Å²) in [7, 11) is 0. The van der Waals surface area contributed by atoms with Gasteiger partial charge in [-0.05, 0) is 43.5 Å². The van der Waals surface area contributed by atoms with Gasteiger partial charge in [0.15, 0.2) is 11.5 Å². The maximum absolute atomic E-state index is 13.6. The van der Waals surface area contributed by atoms with E-state index < -0.39 is 0 Å². The van der Waals surface area contributed by atoms with Crippen LogP contribution in [-0.2, 0) is 0 Å². The first-order valence-corrected chi connectivity index (χ1v) is 10.1. The smallest absolute Gasteiger partial charge is 0.264 e.